The van der Waals surface area contributed by atoms with Crippen LogP contribution < -0.4 is 0 Å². The lowest BCUT2D eigenvalue weighted by Gasteiger charge is -2.34. The van der Waals surface area contributed by atoms with Gasteiger partial charge in [-0.1, -0.05) is 29.5 Å². The SMILES string of the molecule is Cc1ccc(SC2OCC(O)C(O)C2O)cc1. The molecule has 1 aromatic rings. The van der Waals surface area contributed by atoms with Crippen LogP contribution >= 0.6 is 11.8 Å². The highest BCUT2D eigenvalue weighted by atomic mass is 32.2. The van der Waals surface area contributed by atoms with Gasteiger partial charge in [-0.15, -0.1) is 0 Å². The molecule has 0 aromatic heterocycles. The third kappa shape index (κ3) is 3.00. The minimum atomic E-state index is -1.15. The zero-order valence-electron chi connectivity index (χ0n) is 9.48. The van der Waals surface area contributed by atoms with Gasteiger partial charge >= 0.3 is 0 Å². The molecule has 4 nitrogen and oxygen atoms in total. The number of rotatable bonds is 2. The molecule has 0 spiro atoms. The molecule has 1 aromatic carbocycles. The van der Waals surface area contributed by atoms with Gasteiger partial charge < -0.3 is 20.1 Å². The first-order valence-corrected chi connectivity index (χ1v) is 6.35. The van der Waals surface area contributed by atoms with E-state index in [4.69, 9.17) is 4.74 Å². The third-order valence-electron chi connectivity index (χ3n) is 2.73. The van der Waals surface area contributed by atoms with E-state index in [1.165, 1.54) is 11.8 Å². The molecular weight excluding hydrogens is 240 g/mol. The molecule has 3 N–H and O–H groups in total. The fourth-order valence-corrected chi connectivity index (χ4v) is 2.64. The minimum Gasteiger partial charge on any atom is -0.388 e. The van der Waals surface area contributed by atoms with Gasteiger partial charge in [-0.05, 0) is 19.1 Å². The first-order valence-electron chi connectivity index (χ1n) is 5.47. The van der Waals surface area contributed by atoms with Crippen LogP contribution in [0.25, 0.3) is 0 Å². The second kappa shape index (κ2) is 5.37. The van der Waals surface area contributed by atoms with E-state index < -0.39 is 23.7 Å². The standard InChI is InChI=1S/C12H16O4S/c1-7-2-4-8(5-3-7)17-12-11(15)10(14)9(13)6-16-12/h2-5,9-15H,6H2,1H3. The normalized spacial score (nSPS) is 33.6. The summed E-state index contributed by atoms with van der Waals surface area (Å²) in [5.74, 6) is 0. The summed E-state index contributed by atoms with van der Waals surface area (Å²) in [6.07, 6.45) is -3.24. The fraction of sp³-hybridized carbons (Fsp3) is 0.500. The van der Waals surface area contributed by atoms with E-state index in [-0.39, 0.29) is 6.61 Å². The largest absolute Gasteiger partial charge is 0.388 e. The molecule has 0 amide bonds. The Labute approximate surface area is 104 Å². The smallest absolute Gasteiger partial charge is 0.136 e. The van der Waals surface area contributed by atoms with Crippen LogP contribution in [0.5, 0.6) is 0 Å². The van der Waals surface area contributed by atoms with E-state index in [1.54, 1.807) is 0 Å². The maximum absolute atomic E-state index is 9.77. The van der Waals surface area contributed by atoms with Gasteiger partial charge in [0, 0.05) is 4.90 Å². The van der Waals surface area contributed by atoms with Gasteiger partial charge in [0.25, 0.3) is 0 Å². The summed E-state index contributed by atoms with van der Waals surface area (Å²) in [6.45, 7) is 2.04. The highest BCUT2D eigenvalue weighted by Gasteiger charge is 2.37. The predicted octanol–water partition coefficient (Wildman–Crippen LogP) is 0.526. The molecule has 0 aliphatic carbocycles. The van der Waals surface area contributed by atoms with Crippen LogP contribution in [0.1, 0.15) is 5.56 Å². The second-order valence-electron chi connectivity index (χ2n) is 4.18. The maximum Gasteiger partial charge on any atom is 0.136 e. The Bertz CT molecular complexity index is 367. The molecule has 4 unspecified atom stereocenters. The Morgan fingerprint density at radius 3 is 2.41 bits per heavy atom. The number of hydrogen-bond acceptors (Lipinski definition) is 5. The van der Waals surface area contributed by atoms with Crippen molar-refractivity contribution in [3.63, 3.8) is 0 Å². The van der Waals surface area contributed by atoms with Crippen LogP contribution in [0.4, 0.5) is 0 Å². The minimum absolute atomic E-state index is 0.0434. The summed E-state index contributed by atoms with van der Waals surface area (Å²) in [4.78, 5) is 0.961. The first-order chi connectivity index (χ1) is 8.08. The zero-order chi connectivity index (χ0) is 12.4. The lowest BCUT2D eigenvalue weighted by atomic mass is 10.1. The van der Waals surface area contributed by atoms with Gasteiger partial charge in [0.15, 0.2) is 0 Å². The molecule has 1 aliphatic heterocycles. The lowest BCUT2D eigenvalue weighted by molar-refractivity contribution is -0.161. The summed E-state index contributed by atoms with van der Waals surface area (Å²) in [5.41, 5.74) is 0.617. The van der Waals surface area contributed by atoms with Gasteiger partial charge in [-0.3, -0.25) is 0 Å². The fourth-order valence-electron chi connectivity index (χ4n) is 1.63. The number of aliphatic hydroxyl groups excluding tert-OH is 3. The van der Waals surface area contributed by atoms with Crippen molar-refractivity contribution >= 4 is 11.8 Å². The van der Waals surface area contributed by atoms with Crippen LogP contribution in [0.2, 0.25) is 0 Å². The predicted molar refractivity (Wildman–Crippen MR) is 64.8 cm³/mol. The van der Waals surface area contributed by atoms with E-state index in [0.717, 1.165) is 10.5 Å². The topological polar surface area (TPSA) is 69.9 Å². The number of aryl methyl sites for hydroxylation is 1. The molecule has 5 heteroatoms. The van der Waals surface area contributed by atoms with Crippen molar-refractivity contribution in [3.05, 3.63) is 29.8 Å². The van der Waals surface area contributed by atoms with E-state index >= 15 is 0 Å². The number of thioether (sulfide) groups is 1. The van der Waals surface area contributed by atoms with Crippen molar-refractivity contribution in [2.75, 3.05) is 6.61 Å². The third-order valence-corrected chi connectivity index (χ3v) is 3.92. The molecule has 2 rings (SSSR count). The van der Waals surface area contributed by atoms with Crippen LogP contribution in [-0.4, -0.2) is 45.7 Å². The van der Waals surface area contributed by atoms with Crippen LogP contribution in [0.15, 0.2) is 29.2 Å². The van der Waals surface area contributed by atoms with E-state index in [1.807, 2.05) is 31.2 Å². The highest BCUT2D eigenvalue weighted by Crippen LogP contribution is 2.30. The molecule has 1 heterocycles. The second-order valence-corrected chi connectivity index (χ2v) is 5.35. The van der Waals surface area contributed by atoms with Crippen molar-refractivity contribution in [3.8, 4) is 0 Å². The summed E-state index contributed by atoms with van der Waals surface area (Å²) < 4.78 is 5.31. The quantitative estimate of drug-likeness (QED) is 0.720. The summed E-state index contributed by atoms with van der Waals surface area (Å²) in [7, 11) is 0. The van der Waals surface area contributed by atoms with Crippen LogP contribution in [0, 0.1) is 6.92 Å². The number of benzene rings is 1. The Hall–Kier alpha value is -0.590. The maximum atomic E-state index is 9.77. The summed E-state index contributed by atoms with van der Waals surface area (Å²) in [5, 5.41) is 28.6. The first kappa shape index (κ1) is 12.9. The average molecular weight is 256 g/mol. The molecule has 0 saturated carbocycles. The highest BCUT2D eigenvalue weighted by molar-refractivity contribution is 7.99. The van der Waals surface area contributed by atoms with Gasteiger partial charge in [0.05, 0.1) is 6.61 Å². The molecule has 94 valence electrons. The molecule has 4 atom stereocenters. The summed E-state index contributed by atoms with van der Waals surface area (Å²) in [6, 6.07) is 7.83. The molecule has 1 saturated heterocycles. The number of hydrogen-bond donors (Lipinski definition) is 3. The van der Waals surface area contributed by atoms with Gasteiger partial charge in [-0.25, -0.2) is 0 Å². The summed E-state index contributed by atoms with van der Waals surface area (Å²) >= 11 is 1.34. The van der Waals surface area contributed by atoms with Crippen molar-refractivity contribution in [1.82, 2.24) is 0 Å². The van der Waals surface area contributed by atoms with Crippen molar-refractivity contribution in [1.29, 1.82) is 0 Å². The Balaban J connectivity index is 2.01. The monoisotopic (exact) mass is 256 g/mol. The van der Waals surface area contributed by atoms with E-state index in [0.29, 0.717) is 0 Å². The molecule has 1 fully saturated rings. The molecular formula is C12H16O4S. The Morgan fingerprint density at radius 1 is 1.12 bits per heavy atom. The molecule has 0 bridgehead atoms. The number of ether oxygens (including phenoxy) is 1. The lowest BCUT2D eigenvalue weighted by Crippen LogP contribution is -2.51. The van der Waals surface area contributed by atoms with E-state index in [2.05, 4.69) is 0 Å². The average Bonchev–Trinajstić information content (AvgIpc) is 2.33. The number of aliphatic hydroxyl groups is 3. The molecule has 1 aliphatic rings. The molecule has 17 heavy (non-hydrogen) atoms. The van der Waals surface area contributed by atoms with Crippen molar-refractivity contribution in [2.45, 2.75) is 35.6 Å². The van der Waals surface area contributed by atoms with Gasteiger partial charge in [-0.2, -0.15) is 0 Å². The Kier molecular flexibility index (Phi) is 4.06. The molecule has 0 radical (unpaired) electrons. The van der Waals surface area contributed by atoms with Crippen molar-refractivity contribution in [2.24, 2.45) is 0 Å². The zero-order valence-corrected chi connectivity index (χ0v) is 10.3. The van der Waals surface area contributed by atoms with Crippen molar-refractivity contribution < 1.29 is 20.1 Å². The van der Waals surface area contributed by atoms with Gasteiger partial charge in [0.2, 0.25) is 0 Å². The van der Waals surface area contributed by atoms with Gasteiger partial charge in [0.1, 0.15) is 23.7 Å². The van der Waals surface area contributed by atoms with E-state index in [9.17, 15) is 15.3 Å². The van der Waals surface area contributed by atoms with Crippen LogP contribution in [-0.2, 0) is 4.74 Å². The Morgan fingerprint density at radius 2 is 1.76 bits per heavy atom. The van der Waals surface area contributed by atoms with Crippen LogP contribution in [0.3, 0.4) is 0 Å².